The Kier molecular flexibility index (Phi) is 13.6. The van der Waals surface area contributed by atoms with E-state index >= 15 is 0 Å². The number of cyclic esters (lactones) is 1. The maximum absolute atomic E-state index is 13.1. The molecule has 1 saturated heterocycles. The van der Waals surface area contributed by atoms with Gasteiger partial charge in [0.1, 0.15) is 12.4 Å². The summed E-state index contributed by atoms with van der Waals surface area (Å²) in [7, 11) is 3.79. The van der Waals surface area contributed by atoms with Crippen molar-refractivity contribution in [2.45, 2.75) is 103 Å². The number of hydrogen-bond donors (Lipinski definition) is 3. The van der Waals surface area contributed by atoms with Crippen molar-refractivity contribution in [3.63, 3.8) is 0 Å². The van der Waals surface area contributed by atoms with Gasteiger partial charge in [-0.3, -0.25) is 9.59 Å². The summed E-state index contributed by atoms with van der Waals surface area (Å²) in [5, 5.41) is 32.8. The molecule has 3 N–H and O–H groups in total. The standard InChI is InChI=1S/C31H51NO8/c1-8-27-23(17-34)13-18(2)9-10-25(35)19(3)14-22(11-12-33)29(21(5)26(36)16-28(37)40-27)31-30(38)24(32(6)7)15-20(4)39-31/h9-10,12-13,19-24,26-27,29-31,34,36,38H,8,11,14-17H2,1-7H3/b10-9+,18-13+/t19-,20-,21+,22?,23+,24+,26-,27-,29-,30-,31+/m1/s1. The van der Waals surface area contributed by atoms with Crippen LogP contribution in [0.1, 0.15) is 66.7 Å². The zero-order chi connectivity index (χ0) is 30.1. The summed E-state index contributed by atoms with van der Waals surface area (Å²) in [6.07, 6.45) is 3.53. The van der Waals surface area contributed by atoms with Crippen molar-refractivity contribution >= 4 is 18.0 Å². The number of allylic oxidation sites excluding steroid dienone is 3. The second-order valence-electron chi connectivity index (χ2n) is 12.1. The number of likely N-dealkylation sites (N-methyl/N-ethyl adjacent to an activating group) is 1. The van der Waals surface area contributed by atoms with Crippen molar-refractivity contribution in [2.75, 3.05) is 20.7 Å². The van der Waals surface area contributed by atoms with Gasteiger partial charge in [-0.15, -0.1) is 0 Å². The van der Waals surface area contributed by atoms with E-state index in [1.807, 2.05) is 46.7 Å². The molecule has 9 heteroatoms. The summed E-state index contributed by atoms with van der Waals surface area (Å²) < 4.78 is 12.0. The number of nitrogens with zero attached hydrogens (tertiary/aromatic N) is 1. The predicted molar refractivity (Wildman–Crippen MR) is 152 cm³/mol. The van der Waals surface area contributed by atoms with Crippen LogP contribution in [0, 0.1) is 29.6 Å². The summed E-state index contributed by atoms with van der Waals surface area (Å²) in [6.45, 7) is 8.98. The number of rotatable bonds is 6. The number of esters is 1. The van der Waals surface area contributed by atoms with Crippen LogP contribution in [0.5, 0.6) is 0 Å². The van der Waals surface area contributed by atoms with Gasteiger partial charge in [-0.2, -0.15) is 0 Å². The minimum absolute atomic E-state index is 0.105. The van der Waals surface area contributed by atoms with Crippen LogP contribution in [0.2, 0.25) is 0 Å². The minimum Gasteiger partial charge on any atom is -0.462 e. The van der Waals surface area contributed by atoms with E-state index in [1.165, 1.54) is 6.08 Å². The van der Waals surface area contributed by atoms with Crippen molar-refractivity contribution in [2.24, 2.45) is 29.6 Å². The van der Waals surface area contributed by atoms with Crippen LogP contribution in [-0.2, 0) is 23.9 Å². The molecule has 2 heterocycles. The number of aliphatic hydroxyl groups excluding tert-OH is 3. The molecule has 0 aromatic heterocycles. The highest BCUT2D eigenvalue weighted by Gasteiger charge is 2.47. The Balaban J connectivity index is 2.58. The van der Waals surface area contributed by atoms with Crippen molar-refractivity contribution in [3.8, 4) is 0 Å². The first-order valence-electron chi connectivity index (χ1n) is 14.7. The van der Waals surface area contributed by atoms with Gasteiger partial charge in [0.2, 0.25) is 0 Å². The number of ether oxygens (including phenoxy) is 2. The molecule has 40 heavy (non-hydrogen) atoms. The zero-order valence-corrected chi connectivity index (χ0v) is 25.2. The Morgan fingerprint density at radius 2 is 1.77 bits per heavy atom. The molecule has 0 aliphatic carbocycles. The van der Waals surface area contributed by atoms with E-state index < -0.39 is 54.1 Å². The first-order valence-corrected chi connectivity index (χ1v) is 14.7. The Morgan fingerprint density at radius 3 is 2.35 bits per heavy atom. The van der Waals surface area contributed by atoms with Crippen LogP contribution in [0.4, 0.5) is 0 Å². The molecule has 0 radical (unpaired) electrons. The fourth-order valence-electron chi connectivity index (χ4n) is 6.39. The lowest BCUT2D eigenvalue weighted by Crippen LogP contribution is -2.58. The predicted octanol–water partition coefficient (Wildman–Crippen LogP) is 2.71. The van der Waals surface area contributed by atoms with Crippen LogP contribution in [0.15, 0.2) is 23.8 Å². The first kappa shape index (κ1) is 34.3. The molecule has 2 aliphatic rings. The lowest BCUT2D eigenvalue weighted by atomic mass is 9.68. The molecular weight excluding hydrogens is 514 g/mol. The van der Waals surface area contributed by atoms with Crippen LogP contribution >= 0.6 is 0 Å². The molecule has 2 rings (SSSR count). The molecule has 0 aromatic rings. The maximum atomic E-state index is 13.1. The average Bonchev–Trinajstić information content (AvgIpc) is 2.90. The minimum atomic E-state index is -1.14. The van der Waals surface area contributed by atoms with Crippen LogP contribution < -0.4 is 0 Å². The lowest BCUT2D eigenvalue weighted by molar-refractivity contribution is -0.186. The van der Waals surface area contributed by atoms with Crippen LogP contribution in [0.3, 0.4) is 0 Å². The third-order valence-corrected chi connectivity index (χ3v) is 8.77. The van der Waals surface area contributed by atoms with E-state index in [0.717, 1.165) is 11.9 Å². The fourth-order valence-corrected chi connectivity index (χ4v) is 6.39. The number of carbonyl (C=O) groups excluding carboxylic acids is 3. The van der Waals surface area contributed by atoms with Crippen LogP contribution in [0.25, 0.3) is 0 Å². The fraction of sp³-hybridized carbons (Fsp3) is 0.774. The second kappa shape index (κ2) is 15.9. The second-order valence-corrected chi connectivity index (χ2v) is 12.1. The smallest absolute Gasteiger partial charge is 0.308 e. The van der Waals surface area contributed by atoms with Gasteiger partial charge in [0.05, 0.1) is 37.4 Å². The molecule has 11 atom stereocenters. The molecule has 9 nitrogen and oxygen atoms in total. The molecule has 0 amide bonds. The maximum Gasteiger partial charge on any atom is 0.308 e. The van der Waals surface area contributed by atoms with Crippen LogP contribution in [-0.4, -0.2) is 95.5 Å². The highest BCUT2D eigenvalue weighted by molar-refractivity contribution is 5.91. The average molecular weight is 566 g/mol. The molecule has 228 valence electrons. The Labute approximate surface area is 239 Å². The van der Waals surface area contributed by atoms with E-state index in [9.17, 15) is 29.7 Å². The highest BCUT2D eigenvalue weighted by atomic mass is 16.5. The molecule has 1 unspecified atom stereocenters. The van der Waals surface area contributed by atoms with E-state index in [2.05, 4.69) is 0 Å². The molecule has 0 bridgehead atoms. The largest absolute Gasteiger partial charge is 0.462 e. The van der Waals surface area contributed by atoms with E-state index in [4.69, 9.17) is 9.47 Å². The van der Waals surface area contributed by atoms with E-state index in [-0.39, 0.29) is 43.3 Å². The van der Waals surface area contributed by atoms with Gasteiger partial charge in [0.15, 0.2) is 5.78 Å². The van der Waals surface area contributed by atoms with Crippen molar-refractivity contribution in [3.05, 3.63) is 23.8 Å². The summed E-state index contributed by atoms with van der Waals surface area (Å²) in [5.41, 5.74) is 0.750. The molecule has 2 aliphatic heterocycles. The third-order valence-electron chi connectivity index (χ3n) is 8.77. The quantitative estimate of drug-likeness (QED) is 0.328. The summed E-state index contributed by atoms with van der Waals surface area (Å²) in [5.74, 6) is -3.05. The third kappa shape index (κ3) is 9.05. The van der Waals surface area contributed by atoms with E-state index in [1.54, 1.807) is 19.1 Å². The summed E-state index contributed by atoms with van der Waals surface area (Å²) >= 11 is 0. The first-order chi connectivity index (χ1) is 18.8. The molecule has 1 fully saturated rings. The van der Waals surface area contributed by atoms with Crippen molar-refractivity contribution in [1.29, 1.82) is 0 Å². The van der Waals surface area contributed by atoms with Gasteiger partial charge in [-0.1, -0.05) is 38.5 Å². The normalized spacial score (nSPS) is 41.2. The number of carbonyl (C=O) groups is 3. The SMILES string of the molecule is CC[C@H]1OC(=O)C[C@@H](O)[C@H](C)[C@@H]([C@@H]2O[C@H](C)C[C@H](N(C)C)[C@H]2O)C(CC=O)C[C@@H](C)C(=O)/C=C/C(C)=C/[C@H]1CO. The topological polar surface area (TPSA) is 134 Å². The zero-order valence-electron chi connectivity index (χ0n) is 25.2. The molecular formula is C31H51NO8. The van der Waals surface area contributed by atoms with Gasteiger partial charge in [-0.05, 0) is 71.0 Å². The molecule has 0 spiro atoms. The number of aliphatic hydroxyl groups is 3. The monoisotopic (exact) mass is 565 g/mol. The highest BCUT2D eigenvalue weighted by Crippen LogP contribution is 2.40. The summed E-state index contributed by atoms with van der Waals surface area (Å²) in [6, 6.07) is -0.197. The lowest BCUT2D eigenvalue weighted by Gasteiger charge is -2.48. The Morgan fingerprint density at radius 1 is 1.10 bits per heavy atom. The number of aldehydes is 1. The molecule has 0 saturated carbocycles. The van der Waals surface area contributed by atoms with Gasteiger partial charge < -0.3 is 34.5 Å². The Hall–Kier alpha value is -1.91. The Bertz CT molecular complexity index is 902. The van der Waals surface area contributed by atoms with E-state index in [0.29, 0.717) is 19.3 Å². The number of hydrogen-bond acceptors (Lipinski definition) is 9. The summed E-state index contributed by atoms with van der Waals surface area (Å²) in [4.78, 5) is 40.0. The van der Waals surface area contributed by atoms with Gasteiger partial charge >= 0.3 is 5.97 Å². The van der Waals surface area contributed by atoms with Gasteiger partial charge in [0, 0.05) is 24.3 Å². The number of ketones is 1. The van der Waals surface area contributed by atoms with Gasteiger partial charge in [0.25, 0.3) is 0 Å². The molecule has 0 aromatic carbocycles. The van der Waals surface area contributed by atoms with Crippen molar-refractivity contribution in [1.82, 2.24) is 4.90 Å². The van der Waals surface area contributed by atoms with Crippen molar-refractivity contribution < 1.29 is 39.2 Å². The van der Waals surface area contributed by atoms with Gasteiger partial charge in [-0.25, -0.2) is 0 Å².